The fraction of sp³-hybridized carbons (Fsp3) is 0.667. The molecule has 0 unspecified atom stereocenters. The van der Waals surface area contributed by atoms with Crippen molar-refractivity contribution in [3.05, 3.63) is 5.01 Å². The van der Waals surface area contributed by atoms with E-state index >= 15 is 0 Å². The Labute approximate surface area is 100 Å². The summed E-state index contributed by atoms with van der Waals surface area (Å²) in [7, 11) is 0. The summed E-state index contributed by atoms with van der Waals surface area (Å²) in [5, 5.41) is 16.1. The second-order valence-electron chi connectivity index (χ2n) is 3.82. The number of halogens is 2. The summed E-state index contributed by atoms with van der Waals surface area (Å²) in [4.78, 5) is 12.6. The Kier molecular flexibility index (Phi) is 3.51. The van der Waals surface area contributed by atoms with E-state index in [1.807, 2.05) is 4.90 Å². The average molecular weight is 263 g/mol. The molecule has 2 rings (SSSR count). The minimum atomic E-state index is -2.60. The SMILES string of the molecule is O=C(O)C1CCN(c2nnc(C(F)F)s2)CC1. The molecule has 1 N–H and O–H groups in total. The minimum Gasteiger partial charge on any atom is -0.481 e. The van der Waals surface area contributed by atoms with Crippen LogP contribution < -0.4 is 4.90 Å². The predicted octanol–water partition coefficient (Wildman–Crippen LogP) is 1.78. The summed E-state index contributed by atoms with van der Waals surface area (Å²) in [5.41, 5.74) is 0. The molecule has 0 amide bonds. The first kappa shape index (κ1) is 12.2. The zero-order chi connectivity index (χ0) is 12.4. The number of aliphatic carboxylic acids is 1. The van der Waals surface area contributed by atoms with Gasteiger partial charge in [0.1, 0.15) is 0 Å². The maximum absolute atomic E-state index is 12.3. The van der Waals surface area contributed by atoms with Crippen LogP contribution in [0.25, 0.3) is 0 Å². The Morgan fingerprint density at radius 1 is 1.41 bits per heavy atom. The third kappa shape index (κ3) is 2.68. The van der Waals surface area contributed by atoms with Gasteiger partial charge < -0.3 is 10.0 Å². The molecule has 1 aromatic rings. The molecule has 0 aromatic carbocycles. The lowest BCUT2D eigenvalue weighted by Gasteiger charge is -2.29. The molecule has 0 bridgehead atoms. The van der Waals surface area contributed by atoms with Crippen molar-refractivity contribution in [1.29, 1.82) is 0 Å². The van der Waals surface area contributed by atoms with Gasteiger partial charge in [-0.15, -0.1) is 10.2 Å². The smallest absolute Gasteiger partial charge is 0.306 e. The van der Waals surface area contributed by atoms with E-state index < -0.39 is 12.4 Å². The molecule has 0 aliphatic carbocycles. The van der Waals surface area contributed by atoms with Crippen LogP contribution in [0.4, 0.5) is 13.9 Å². The Morgan fingerprint density at radius 2 is 2.06 bits per heavy atom. The van der Waals surface area contributed by atoms with Gasteiger partial charge in [-0.3, -0.25) is 4.79 Å². The van der Waals surface area contributed by atoms with Crippen molar-refractivity contribution < 1.29 is 18.7 Å². The van der Waals surface area contributed by atoms with Crippen LogP contribution in [0.15, 0.2) is 0 Å². The van der Waals surface area contributed by atoms with Crippen molar-refractivity contribution in [2.45, 2.75) is 19.3 Å². The van der Waals surface area contributed by atoms with Gasteiger partial charge in [-0.2, -0.15) is 0 Å². The lowest BCUT2D eigenvalue weighted by atomic mass is 9.98. The zero-order valence-electron chi connectivity index (χ0n) is 8.84. The lowest BCUT2D eigenvalue weighted by Crippen LogP contribution is -2.36. The standard InChI is InChI=1S/C9H11F2N3O2S/c10-6(11)7-12-13-9(17-7)14-3-1-5(2-4-14)8(15)16/h5-6H,1-4H2,(H,15,16). The van der Waals surface area contributed by atoms with Gasteiger partial charge in [0.05, 0.1) is 5.92 Å². The lowest BCUT2D eigenvalue weighted by molar-refractivity contribution is -0.142. The van der Waals surface area contributed by atoms with Crippen molar-refractivity contribution in [2.24, 2.45) is 5.92 Å². The third-order valence-corrected chi connectivity index (χ3v) is 3.72. The van der Waals surface area contributed by atoms with Gasteiger partial charge in [0, 0.05) is 13.1 Å². The number of aromatic nitrogens is 2. The number of piperidine rings is 1. The number of nitrogens with zero attached hydrogens (tertiary/aromatic N) is 3. The highest BCUT2D eigenvalue weighted by Crippen LogP contribution is 2.30. The van der Waals surface area contributed by atoms with Crippen LogP contribution in [0, 0.1) is 5.92 Å². The fourth-order valence-electron chi connectivity index (χ4n) is 1.76. The number of carboxylic acid groups (broad SMARTS) is 1. The number of rotatable bonds is 3. The molecule has 5 nitrogen and oxygen atoms in total. The Bertz CT molecular complexity index is 405. The summed E-state index contributed by atoms with van der Waals surface area (Å²) in [5.74, 6) is -1.14. The molecule has 0 saturated carbocycles. The molecule has 8 heteroatoms. The first-order valence-electron chi connectivity index (χ1n) is 5.17. The van der Waals surface area contributed by atoms with Crippen LogP contribution >= 0.6 is 11.3 Å². The van der Waals surface area contributed by atoms with Gasteiger partial charge in [-0.1, -0.05) is 11.3 Å². The Hall–Kier alpha value is -1.31. The minimum absolute atomic E-state index is 0.291. The molecule has 0 radical (unpaired) electrons. The van der Waals surface area contributed by atoms with E-state index in [1.165, 1.54) is 0 Å². The predicted molar refractivity (Wildman–Crippen MR) is 57.4 cm³/mol. The zero-order valence-corrected chi connectivity index (χ0v) is 9.66. The second kappa shape index (κ2) is 4.91. The number of carboxylic acids is 1. The van der Waals surface area contributed by atoms with E-state index in [0.29, 0.717) is 31.1 Å². The average Bonchev–Trinajstić information content (AvgIpc) is 2.78. The Balaban J connectivity index is 1.98. The largest absolute Gasteiger partial charge is 0.481 e. The molecule has 0 atom stereocenters. The fourth-order valence-corrected chi connectivity index (χ4v) is 2.51. The number of hydrogen-bond donors (Lipinski definition) is 1. The number of alkyl halides is 2. The van der Waals surface area contributed by atoms with Gasteiger partial charge in [0.2, 0.25) is 5.13 Å². The summed E-state index contributed by atoms with van der Waals surface area (Å²) >= 11 is 0.863. The molecule has 1 fully saturated rings. The third-order valence-electron chi connectivity index (χ3n) is 2.73. The van der Waals surface area contributed by atoms with Crippen LogP contribution in [-0.2, 0) is 4.79 Å². The highest BCUT2D eigenvalue weighted by atomic mass is 32.1. The quantitative estimate of drug-likeness (QED) is 0.900. The molecular weight excluding hydrogens is 252 g/mol. The highest BCUT2D eigenvalue weighted by Gasteiger charge is 2.26. The topological polar surface area (TPSA) is 66.3 Å². The number of carbonyl (C=O) groups is 1. The van der Waals surface area contributed by atoms with Gasteiger partial charge in [-0.25, -0.2) is 8.78 Å². The van der Waals surface area contributed by atoms with E-state index in [2.05, 4.69) is 10.2 Å². The van der Waals surface area contributed by atoms with E-state index in [9.17, 15) is 13.6 Å². The number of anilines is 1. The van der Waals surface area contributed by atoms with E-state index in [0.717, 1.165) is 11.3 Å². The van der Waals surface area contributed by atoms with Crippen LogP contribution in [-0.4, -0.2) is 34.4 Å². The van der Waals surface area contributed by atoms with Gasteiger partial charge in [-0.05, 0) is 12.8 Å². The monoisotopic (exact) mass is 263 g/mol. The van der Waals surface area contributed by atoms with E-state index in [1.54, 1.807) is 0 Å². The summed E-state index contributed by atoms with van der Waals surface area (Å²) in [6.07, 6.45) is -1.57. The van der Waals surface area contributed by atoms with Crippen LogP contribution in [0.5, 0.6) is 0 Å². The second-order valence-corrected chi connectivity index (χ2v) is 4.81. The molecule has 2 heterocycles. The summed E-state index contributed by atoms with van der Waals surface area (Å²) in [6, 6.07) is 0. The van der Waals surface area contributed by atoms with Crippen LogP contribution in [0.3, 0.4) is 0 Å². The maximum atomic E-state index is 12.3. The van der Waals surface area contributed by atoms with Crippen molar-refractivity contribution >= 4 is 22.4 Å². The van der Waals surface area contributed by atoms with Crippen molar-refractivity contribution in [3.8, 4) is 0 Å². The van der Waals surface area contributed by atoms with Gasteiger partial charge >= 0.3 is 5.97 Å². The Morgan fingerprint density at radius 3 is 2.53 bits per heavy atom. The van der Waals surface area contributed by atoms with Crippen molar-refractivity contribution in [3.63, 3.8) is 0 Å². The molecule has 1 aliphatic heterocycles. The van der Waals surface area contributed by atoms with E-state index in [-0.39, 0.29) is 10.9 Å². The normalized spacial score (nSPS) is 17.7. The molecule has 1 saturated heterocycles. The van der Waals surface area contributed by atoms with Crippen LogP contribution in [0.1, 0.15) is 24.3 Å². The number of hydrogen-bond acceptors (Lipinski definition) is 5. The van der Waals surface area contributed by atoms with Gasteiger partial charge in [0.15, 0.2) is 5.01 Å². The summed E-state index contributed by atoms with van der Waals surface area (Å²) in [6.45, 7) is 1.05. The van der Waals surface area contributed by atoms with Crippen molar-refractivity contribution in [1.82, 2.24) is 10.2 Å². The van der Waals surface area contributed by atoms with Crippen molar-refractivity contribution in [2.75, 3.05) is 18.0 Å². The van der Waals surface area contributed by atoms with Gasteiger partial charge in [0.25, 0.3) is 6.43 Å². The first-order valence-corrected chi connectivity index (χ1v) is 5.99. The molecule has 17 heavy (non-hydrogen) atoms. The molecular formula is C9H11F2N3O2S. The first-order chi connectivity index (χ1) is 8.08. The molecule has 1 aliphatic rings. The highest BCUT2D eigenvalue weighted by molar-refractivity contribution is 7.15. The maximum Gasteiger partial charge on any atom is 0.306 e. The summed E-state index contributed by atoms with van der Waals surface area (Å²) < 4.78 is 24.7. The molecule has 94 valence electrons. The molecule has 1 aromatic heterocycles. The van der Waals surface area contributed by atoms with Crippen LogP contribution in [0.2, 0.25) is 0 Å². The molecule has 0 spiro atoms. The van der Waals surface area contributed by atoms with E-state index in [4.69, 9.17) is 5.11 Å².